The smallest absolute Gasteiger partial charge is 0.294 e. The maximum atomic E-state index is 12.1. The molecule has 0 radical (unpaired) electrons. The predicted molar refractivity (Wildman–Crippen MR) is 80.0 cm³/mol. The van der Waals surface area contributed by atoms with E-state index in [1.54, 1.807) is 13.0 Å². The van der Waals surface area contributed by atoms with Crippen LogP contribution in [0.15, 0.2) is 21.7 Å². The molecule has 8 nitrogen and oxygen atoms in total. The zero-order valence-corrected chi connectivity index (χ0v) is 12.8. The molecule has 1 unspecified atom stereocenters. The molecule has 1 heterocycles. The summed E-state index contributed by atoms with van der Waals surface area (Å²) in [6.45, 7) is 2.26. The molecular formula is C12H12BrN5O3. The number of carbonyl (C=O) groups is 1. The van der Waals surface area contributed by atoms with E-state index in [0.717, 1.165) is 5.56 Å². The highest BCUT2D eigenvalue weighted by Crippen LogP contribution is 2.39. The number of carbonyl (C=O) groups excluding carboxylic acids is 1. The van der Waals surface area contributed by atoms with Crippen LogP contribution in [-0.4, -0.2) is 23.9 Å². The van der Waals surface area contributed by atoms with Crippen molar-refractivity contribution in [2.75, 3.05) is 18.0 Å². The SMILES string of the molecule is Cc1cc(Br)c(N2CC(CN=[N+]=[N-])CC2=O)c([N+](=O)[O-])c1. The van der Waals surface area contributed by atoms with Crippen LogP contribution in [0.3, 0.4) is 0 Å². The van der Waals surface area contributed by atoms with E-state index in [-0.39, 0.29) is 36.2 Å². The van der Waals surface area contributed by atoms with E-state index < -0.39 is 4.92 Å². The Labute approximate surface area is 128 Å². The number of rotatable bonds is 4. The van der Waals surface area contributed by atoms with E-state index in [2.05, 4.69) is 26.0 Å². The fourth-order valence-electron chi connectivity index (χ4n) is 2.39. The van der Waals surface area contributed by atoms with E-state index in [4.69, 9.17) is 5.53 Å². The molecule has 0 bridgehead atoms. The number of hydrogen-bond donors (Lipinski definition) is 0. The highest BCUT2D eigenvalue weighted by molar-refractivity contribution is 9.10. The number of hydrogen-bond acceptors (Lipinski definition) is 4. The molecule has 0 saturated carbocycles. The minimum absolute atomic E-state index is 0.111. The molecule has 0 N–H and O–H groups in total. The number of anilines is 1. The van der Waals surface area contributed by atoms with E-state index in [1.807, 2.05) is 0 Å². The van der Waals surface area contributed by atoms with Crippen molar-refractivity contribution in [3.05, 3.63) is 42.7 Å². The lowest BCUT2D eigenvalue weighted by Gasteiger charge is -2.18. The van der Waals surface area contributed by atoms with Crippen LogP contribution >= 0.6 is 15.9 Å². The number of benzene rings is 1. The molecule has 1 amide bonds. The monoisotopic (exact) mass is 353 g/mol. The van der Waals surface area contributed by atoms with Gasteiger partial charge >= 0.3 is 0 Å². The van der Waals surface area contributed by atoms with Gasteiger partial charge in [0.05, 0.1) is 4.92 Å². The summed E-state index contributed by atoms with van der Waals surface area (Å²) in [6.07, 6.45) is 0.219. The molecule has 1 aromatic rings. The molecule has 1 aliphatic heterocycles. The third kappa shape index (κ3) is 3.14. The average Bonchev–Trinajstić information content (AvgIpc) is 2.76. The van der Waals surface area contributed by atoms with Gasteiger partial charge in [-0.2, -0.15) is 0 Å². The average molecular weight is 354 g/mol. The van der Waals surface area contributed by atoms with Crippen molar-refractivity contribution in [2.45, 2.75) is 13.3 Å². The highest BCUT2D eigenvalue weighted by atomic mass is 79.9. The number of aryl methyl sites for hydroxylation is 1. The number of amides is 1. The van der Waals surface area contributed by atoms with Crippen molar-refractivity contribution in [1.82, 2.24) is 0 Å². The van der Waals surface area contributed by atoms with Gasteiger partial charge in [0.1, 0.15) is 5.69 Å². The molecule has 2 rings (SSSR count). The number of halogens is 1. The first-order valence-corrected chi connectivity index (χ1v) is 6.99. The molecular weight excluding hydrogens is 342 g/mol. The normalized spacial score (nSPS) is 17.7. The Balaban J connectivity index is 2.40. The van der Waals surface area contributed by atoms with Gasteiger partial charge in [-0.3, -0.25) is 14.9 Å². The van der Waals surface area contributed by atoms with Crippen LogP contribution in [0.2, 0.25) is 0 Å². The lowest BCUT2D eigenvalue weighted by atomic mass is 10.1. The largest absolute Gasteiger partial charge is 0.305 e. The number of nitro groups is 1. The lowest BCUT2D eigenvalue weighted by molar-refractivity contribution is -0.384. The minimum atomic E-state index is -0.499. The summed E-state index contributed by atoms with van der Waals surface area (Å²) >= 11 is 3.30. The first kappa shape index (κ1) is 15.3. The number of azide groups is 1. The first-order chi connectivity index (χ1) is 9.93. The van der Waals surface area contributed by atoms with Crippen LogP contribution < -0.4 is 4.90 Å². The second kappa shape index (κ2) is 6.11. The zero-order chi connectivity index (χ0) is 15.6. The molecule has 1 saturated heterocycles. The Kier molecular flexibility index (Phi) is 4.44. The summed E-state index contributed by atoms with van der Waals surface area (Å²) in [7, 11) is 0. The van der Waals surface area contributed by atoms with Crippen LogP contribution in [0.25, 0.3) is 10.4 Å². The van der Waals surface area contributed by atoms with Crippen LogP contribution in [0.5, 0.6) is 0 Å². The second-order valence-corrected chi connectivity index (χ2v) is 5.71. The molecule has 0 aliphatic carbocycles. The zero-order valence-electron chi connectivity index (χ0n) is 11.2. The van der Waals surface area contributed by atoms with E-state index in [0.29, 0.717) is 11.0 Å². The third-order valence-electron chi connectivity index (χ3n) is 3.26. The van der Waals surface area contributed by atoms with Gasteiger partial charge in [0.2, 0.25) is 5.91 Å². The highest BCUT2D eigenvalue weighted by Gasteiger charge is 2.35. The van der Waals surface area contributed by atoms with Gasteiger partial charge in [-0.25, -0.2) is 0 Å². The van der Waals surface area contributed by atoms with E-state index >= 15 is 0 Å². The van der Waals surface area contributed by atoms with Crippen LogP contribution in [0, 0.1) is 23.0 Å². The summed E-state index contributed by atoms with van der Waals surface area (Å²) in [5, 5.41) is 14.7. The van der Waals surface area contributed by atoms with Gasteiger partial charge < -0.3 is 4.90 Å². The molecule has 0 aromatic heterocycles. The van der Waals surface area contributed by atoms with Crippen molar-refractivity contribution in [2.24, 2.45) is 11.0 Å². The third-order valence-corrected chi connectivity index (χ3v) is 3.87. The number of nitrogens with zero attached hydrogens (tertiary/aromatic N) is 5. The molecule has 9 heteroatoms. The minimum Gasteiger partial charge on any atom is -0.305 e. The quantitative estimate of drug-likeness (QED) is 0.272. The van der Waals surface area contributed by atoms with Crippen molar-refractivity contribution in [1.29, 1.82) is 0 Å². The standard InChI is InChI=1S/C12H12BrN5O3/c1-7-2-9(13)12(10(3-7)18(20)21)17-6-8(4-11(17)19)5-15-16-14/h2-3,8H,4-6H2,1H3. The Bertz CT molecular complexity index is 657. The van der Waals surface area contributed by atoms with Gasteiger partial charge in [-0.05, 0) is 45.9 Å². The number of nitro benzene ring substituents is 1. The van der Waals surface area contributed by atoms with Crippen LogP contribution in [0.1, 0.15) is 12.0 Å². The summed E-state index contributed by atoms with van der Waals surface area (Å²) in [5.41, 5.74) is 9.21. The Morgan fingerprint density at radius 2 is 2.33 bits per heavy atom. The first-order valence-electron chi connectivity index (χ1n) is 6.19. The summed E-state index contributed by atoms with van der Waals surface area (Å²) in [6, 6.07) is 3.17. The molecule has 1 aromatic carbocycles. The second-order valence-electron chi connectivity index (χ2n) is 4.86. The fourth-order valence-corrected chi connectivity index (χ4v) is 3.17. The topological polar surface area (TPSA) is 112 Å². The van der Waals surface area contributed by atoms with Crippen molar-refractivity contribution >= 4 is 33.2 Å². The molecule has 110 valence electrons. The van der Waals surface area contributed by atoms with Gasteiger partial charge in [0.15, 0.2) is 0 Å². The van der Waals surface area contributed by atoms with Crippen LogP contribution in [0.4, 0.5) is 11.4 Å². The fraction of sp³-hybridized carbons (Fsp3) is 0.417. The van der Waals surface area contributed by atoms with Crippen molar-refractivity contribution < 1.29 is 9.72 Å². The molecule has 21 heavy (non-hydrogen) atoms. The maximum absolute atomic E-state index is 12.1. The van der Waals surface area contributed by atoms with Gasteiger partial charge in [-0.15, -0.1) is 0 Å². The van der Waals surface area contributed by atoms with Gasteiger partial charge in [0.25, 0.3) is 5.69 Å². The molecule has 1 fully saturated rings. The Morgan fingerprint density at radius 3 is 2.95 bits per heavy atom. The summed E-state index contributed by atoms with van der Waals surface area (Å²) in [4.78, 5) is 26.9. The summed E-state index contributed by atoms with van der Waals surface area (Å²) < 4.78 is 0.506. The predicted octanol–water partition coefficient (Wildman–Crippen LogP) is 3.33. The van der Waals surface area contributed by atoms with E-state index in [9.17, 15) is 14.9 Å². The Morgan fingerprint density at radius 1 is 1.62 bits per heavy atom. The molecule has 1 aliphatic rings. The molecule has 1 atom stereocenters. The Hall–Kier alpha value is -2.12. The van der Waals surface area contributed by atoms with E-state index in [1.165, 1.54) is 11.0 Å². The summed E-state index contributed by atoms with van der Waals surface area (Å²) in [5.74, 6) is -0.331. The van der Waals surface area contributed by atoms with Gasteiger partial charge in [0, 0.05) is 35.0 Å². The van der Waals surface area contributed by atoms with Gasteiger partial charge in [-0.1, -0.05) is 5.11 Å². The lowest BCUT2D eigenvalue weighted by Crippen LogP contribution is -2.26. The van der Waals surface area contributed by atoms with Crippen molar-refractivity contribution in [3.8, 4) is 0 Å². The maximum Gasteiger partial charge on any atom is 0.294 e. The molecule has 0 spiro atoms. The van der Waals surface area contributed by atoms with Crippen molar-refractivity contribution in [3.63, 3.8) is 0 Å². The van der Waals surface area contributed by atoms with Crippen LogP contribution in [-0.2, 0) is 4.79 Å².